The minimum Gasteiger partial charge on any atom is -0.493 e. The quantitative estimate of drug-likeness (QED) is 0.220. The molecule has 0 saturated heterocycles. The molecule has 0 aliphatic rings. The summed E-state index contributed by atoms with van der Waals surface area (Å²) in [5.41, 5.74) is 4.04. The molecule has 0 unspecified atom stereocenters. The number of carbonyl (C=O) groups is 3. The number of nitrogens with zero attached hydrogens (tertiary/aromatic N) is 1. The molecule has 11 heteroatoms. The number of anilines is 2. The molecule has 0 aromatic heterocycles. The lowest BCUT2D eigenvalue weighted by Gasteiger charge is -2.14. The second-order valence-electron chi connectivity index (χ2n) is 7.32. The Hall–Kier alpha value is -4.25. The first-order chi connectivity index (χ1) is 17.3. The Balaban J connectivity index is 1.59. The Morgan fingerprint density at radius 2 is 1.69 bits per heavy atom. The summed E-state index contributed by atoms with van der Waals surface area (Å²) in [6, 6.07) is 16.0. The van der Waals surface area contributed by atoms with Crippen molar-refractivity contribution in [3.05, 3.63) is 82.1 Å². The van der Waals surface area contributed by atoms with Crippen LogP contribution in [0.3, 0.4) is 0 Å². The van der Waals surface area contributed by atoms with Crippen LogP contribution in [0.5, 0.6) is 11.5 Å². The van der Waals surface area contributed by atoms with Gasteiger partial charge in [-0.05, 0) is 64.3 Å². The maximum absolute atomic E-state index is 13.6. The van der Waals surface area contributed by atoms with Crippen molar-refractivity contribution in [2.45, 2.75) is 6.92 Å². The fourth-order valence-corrected chi connectivity index (χ4v) is 3.52. The van der Waals surface area contributed by atoms with Crippen molar-refractivity contribution in [2.75, 3.05) is 24.4 Å². The van der Waals surface area contributed by atoms with Crippen molar-refractivity contribution in [3.8, 4) is 11.5 Å². The van der Waals surface area contributed by atoms with Gasteiger partial charge in [0.2, 0.25) is 0 Å². The number of rotatable bonds is 8. The van der Waals surface area contributed by atoms with Gasteiger partial charge in [-0.25, -0.2) is 9.82 Å². The number of hydrazone groups is 1. The molecule has 36 heavy (non-hydrogen) atoms. The molecule has 0 bridgehead atoms. The first-order valence-corrected chi connectivity index (χ1v) is 11.3. The minimum absolute atomic E-state index is 0.126. The molecule has 0 heterocycles. The summed E-state index contributed by atoms with van der Waals surface area (Å²) in [5.74, 6) is -2.58. The molecule has 3 rings (SSSR count). The molecule has 3 amide bonds. The molecule has 0 radical (unpaired) electrons. The Kier molecular flexibility index (Phi) is 9.12. The topological polar surface area (TPSA) is 118 Å². The molecule has 3 N–H and O–H groups in total. The van der Waals surface area contributed by atoms with Gasteiger partial charge in [-0.15, -0.1) is 0 Å². The van der Waals surface area contributed by atoms with E-state index >= 15 is 0 Å². The monoisotopic (exact) mass is 556 g/mol. The smallest absolute Gasteiger partial charge is 0.329 e. The van der Waals surface area contributed by atoms with E-state index in [1.807, 2.05) is 25.1 Å². The maximum Gasteiger partial charge on any atom is 0.329 e. The number of nitrogens with one attached hydrogen (secondary N) is 3. The van der Waals surface area contributed by atoms with E-state index in [1.54, 1.807) is 18.2 Å². The lowest BCUT2D eigenvalue weighted by molar-refractivity contribution is -0.136. The van der Waals surface area contributed by atoms with Gasteiger partial charge < -0.3 is 20.1 Å². The second kappa shape index (κ2) is 12.5. The zero-order chi connectivity index (χ0) is 26.1. The number of ether oxygens (including phenoxy) is 2. The van der Waals surface area contributed by atoms with Gasteiger partial charge in [-0.1, -0.05) is 30.3 Å². The molecule has 3 aromatic rings. The van der Waals surface area contributed by atoms with E-state index in [2.05, 4.69) is 37.1 Å². The number of hydrogen-bond donors (Lipinski definition) is 3. The van der Waals surface area contributed by atoms with Crippen LogP contribution in [0.15, 0.2) is 70.2 Å². The summed E-state index contributed by atoms with van der Waals surface area (Å²) in [4.78, 5) is 36.2. The fourth-order valence-electron chi connectivity index (χ4n) is 2.95. The van der Waals surface area contributed by atoms with Gasteiger partial charge in [0, 0.05) is 5.69 Å². The lowest BCUT2D eigenvalue weighted by Crippen LogP contribution is -2.32. The van der Waals surface area contributed by atoms with Crippen LogP contribution in [-0.4, -0.2) is 37.7 Å². The number of carbonyl (C=O) groups excluding carboxylic acids is 3. The second-order valence-corrected chi connectivity index (χ2v) is 8.17. The zero-order valence-electron chi connectivity index (χ0n) is 19.3. The van der Waals surface area contributed by atoms with E-state index in [0.717, 1.165) is 11.6 Å². The van der Waals surface area contributed by atoms with E-state index < -0.39 is 17.6 Å². The van der Waals surface area contributed by atoms with Crippen LogP contribution >= 0.6 is 15.9 Å². The van der Waals surface area contributed by atoms with Gasteiger partial charge in [-0.2, -0.15) is 5.10 Å². The highest BCUT2D eigenvalue weighted by Gasteiger charge is 2.16. The van der Waals surface area contributed by atoms with Crippen LogP contribution in [0.4, 0.5) is 15.8 Å². The third-order valence-electron chi connectivity index (χ3n) is 4.73. The number of para-hydroxylation sites is 2. The Bertz CT molecular complexity index is 1320. The molecular weight excluding hydrogens is 535 g/mol. The number of hydrogen-bond acceptors (Lipinski definition) is 6. The van der Waals surface area contributed by atoms with Crippen LogP contribution in [0.2, 0.25) is 0 Å². The Labute approximate surface area is 214 Å². The summed E-state index contributed by atoms with van der Waals surface area (Å²) in [5, 5.41) is 8.68. The molecule has 0 atom stereocenters. The average molecular weight is 557 g/mol. The fraction of sp³-hybridized carbons (Fsp3) is 0.120. The molecule has 3 aromatic carbocycles. The first kappa shape index (κ1) is 26.4. The van der Waals surface area contributed by atoms with E-state index in [0.29, 0.717) is 27.2 Å². The zero-order valence-corrected chi connectivity index (χ0v) is 20.9. The van der Waals surface area contributed by atoms with Crippen molar-refractivity contribution in [3.63, 3.8) is 0 Å². The third-order valence-corrected chi connectivity index (χ3v) is 5.32. The van der Waals surface area contributed by atoms with E-state index in [9.17, 15) is 18.8 Å². The summed E-state index contributed by atoms with van der Waals surface area (Å²) in [6.07, 6.45) is 1.27. The van der Waals surface area contributed by atoms with Gasteiger partial charge >= 0.3 is 11.8 Å². The Morgan fingerprint density at radius 3 is 2.39 bits per heavy atom. The molecule has 0 spiro atoms. The lowest BCUT2D eigenvalue weighted by atomic mass is 10.2. The van der Waals surface area contributed by atoms with Gasteiger partial charge in [0.05, 0.1) is 23.5 Å². The molecule has 0 fully saturated rings. The summed E-state index contributed by atoms with van der Waals surface area (Å²) in [7, 11) is 1.43. The van der Waals surface area contributed by atoms with Crippen LogP contribution in [0.1, 0.15) is 11.1 Å². The number of aryl methyl sites for hydroxylation is 1. The van der Waals surface area contributed by atoms with E-state index in [1.165, 1.54) is 31.5 Å². The van der Waals surface area contributed by atoms with Crippen molar-refractivity contribution >= 4 is 51.2 Å². The Morgan fingerprint density at radius 1 is 1.00 bits per heavy atom. The van der Waals surface area contributed by atoms with Crippen molar-refractivity contribution in [2.24, 2.45) is 5.10 Å². The molecule has 9 nitrogen and oxygen atoms in total. The number of amides is 3. The SMILES string of the molecule is COc1cc(/C=N\NC(=O)C(=O)Nc2ccccc2F)cc(Br)c1OCC(=O)Nc1ccccc1C. The number of benzene rings is 3. The molecule has 186 valence electrons. The highest BCUT2D eigenvalue weighted by molar-refractivity contribution is 9.10. The predicted octanol–water partition coefficient (Wildman–Crippen LogP) is 4.01. The summed E-state index contributed by atoms with van der Waals surface area (Å²) >= 11 is 3.37. The number of halogens is 2. The van der Waals surface area contributed by atoms with Gasteiger partial charge in [0.1, 0.15) is 5.82 Å². The van der Waals surface area contributed by atoms with Gasteiger partial charge in [0.15, 0.2) is 18.1 Å². The maximum atomic E-state index is 13.6. The number of methoxy groups -OCH3 is 1. The molecule has 0 saturated carbocycles. The van der Waals surface area contributed by atoms with Crippen LogP contribution in [0, 0.1) is 12.7 Å². The van der Waals surface area contributed by atoms with Crippen LogP contribution in [-0.2, 0) is 14.4 Å². The highest BCUT2D eigenvalue weighted by Crippen LogP contribution is 2.36. The summed E-state index contributed by atoms with van der Waals surface area (Å²) < 4.78 is 25.1. The van der Waals surface area contributed by atoms with Crippen LogP contribution in [0.25, 0.3) is 0 Å². The average Bonchev–Trinajstić information content (AvgIpc) is 2.85. The van der Waals surface area contributed by atoms with Gasteiger partial charge in [0.25, 0.3) is 5.91 Å². The standard InChI is InChI=1S/C25H22BrFN4O5/c1-15-7-3-5-9-19(15)29-22(32)14-36-23-17(26)11-16(12-21(23)35-2)13-28-31-25(34)24(33)30-20-10-6-4-8-18(20)27/h3-13H,14H2,1-2H3,(H,29,32)(H,30,33)(H,31,34)/b28-13-. The normalized spacial score (nSPS) is 10.6. The van der Waals surface area contributed by atoms with Crippen molar-refractivity contribution < 1.29 is 28.2 Å². The van der Waals surface area contributed by atoms with Gasteiger partial charge in [-0.3, -0.25) is 14.4 Å². The predicted molar refractivity (Wildman–Crippen MR) is 137 cm³/mol. The van der Waals surface area contributed by atoms with E-state index in [4.69, 9.17) is 9.47 Å². The molecule has 0 aliphatic carbocycles. The van der Waals surface area contributed by atoms with Crippen molar-refractivity contribution in [1.82, 2.24) is 5.43 Å². The third kappa shape index (κ3) is 7.12. The van der Waals surface area contributed by atoms with E-state index in [-0.39, 0.29) is 18.2 Å². The molecular formula is C25H22BrFN4O5. The summed E-state index contributed by atoms with van der Waals surface area (Å²) in [6.45, 7) is 1.62. The first-order valence-electron chi connectivity index (χ1n) is 10.5. The molecule has 0 aliphatic heterocycles. The largest absolute Gasteiger partial charge is 0.493 e. The minimum atomic E-state index is -1.08. The highest BCUT2D eigenvalue weighted by atomic mass is 79.9. The van der Waals surface area contributed by atoms with Crippen molar-refractivity contribution in [1.29, 1.82) is 0 Å². The van der Waals surface area contributed by atoms with Crippen LogP contribution < -0.4 is 25.5 Å².